The predicted octanol–water partition coefficient (Wildman–Crippen LogP) is 2.79. The van der Waals surface area contributed by atoms with Crippen LogP contribution in [0.15, 0.2) is 42.5 Å². The summed E-state index contributed by atoms with van der Waals surface area (Å²) >= 11 is 0. The summed E-state index contributed by atoms with van der Waals surface area (Å²) < 4.78 is 5.12. The lowest BCUT2D eigenvalue weighted by molar-refractivity contribution is -0.115. The number of benzene rings is 2. The van der Waals surface area contributed by atoms with Crippen molar-refractivity contribution < 1.29 is 19.4 Å². The van der Waals surface area contributed by atoms with Crippen LogP contribution in [0.4, 0.5) is 11.4 Å². The van der Waals surface area contributed by atoms with Gasteiger partial charge in [-0.05, 0) is 24.3 Å². The number of aliphatic hydroxyl groups is 1. The molecule has 2 rings (SSSR count). The van der Waals surface area contributed by atoms with Crippen molar-refractivity contribution in [2.24, 2.45) is 0 Å². The predicted molar refractivity (Wildman–Crippen MR) is 92.2 cm³/mol. The van der Waals surface area contributed by atoms with E-state index in [0.29, 0.717) is 34.7 Å². The number of rotatable bonds is 6. The highest BCUT2D eigenvalue weighted by atomic mass is 16.5. The molecule has 0 atom stereocenters. The monoisotopic (exact) mass is 328 g/mol. The zero-order chi connectivity index (χ0) is 17.5. The number of hydrogen-bond donors (Lipinski definition) is 3. The molecular formula is C18H20N2O4. The Morgan fingerprint density at radius 1 is 1.12 bits per heavy atom. The average Bonchev–Trinajstić information content (AvgIpc) is 2.61. The molecule has 0 fully saturated rings. The summed E-state index contributed by atoms with van der Waals surface area (Å²) in [5, 5.41) is 14.8. The van der Waals surface area contributed by atoms with Crippen LogP contribution >= 0.6 is 0 Å². The maximum Gasteiger partial charge on any atom is 0.255 e. The quantitative estimate of drug-likeness (QED) is 0.761. The van der Waals surface area contributed by atoms with Gasteiger partial charge in [-0.25, -0.2) is 0 Å². The Labute approximate surface area is 140 Å². The topological polar surface area (TPSA) is 87.7 Å². The number of amides is 2. The van der Waals surface area contributed by atoms with E-state index >= 15 is 0 Å². The van der Waals surface area contributed by atoms with Crippen LogP contribution in [0.5, 0.6) is 5.75 Å². The summed E-state index contributed by atoms with van der Waals surface area (Å²) in [7, 11) is 1.55. The van der Waals surface area contributed by atoms with Crippen molar-refractivity contribution in [2.45, 2.75) is 20.0 Å². The van der Waals surface area contributed by atoms with Crippen LogP contribution in [0, 0.1) is 0 Å². The number of hydrogen-bond acceptors (Lipinski definition) is 4. The van der Waals surface area contributed by atoms with Gasteiger partial charge in [0.25, 0.3) is 5.91 Å². The number of aliphatic hydroxyl groups excluding tert-OH is 1. The molecule has 6 nitrogen and oxygen atoms in total. The standard InChI is InChI=1S/C18H20N2O4/c1-3-17(22)20-16-9-12(7-8-13(16)11-21)18(23)19-14-5-4-6-15(10-14)24-2/h4-10,21H,3,11H2,1-2H3,(H,19,23)(H,20,22). The Morgan fingerprint density at radius 3 is 2.58 bits per heavy atom. The molecule has 0 heterocycles. The van der Waals surface area contributed by atoms with Crippen LogP contribution in [-0.2, 0) is 11.4 Å². The molecule has 2 aromatic carbocycles. The van der Waals surface area contributed by atoms with E-state index in [1.54, 1.807) is 56.5 Å². The molecule has 0 spiro atoms. The summed E-state index contributed by atoms with van der Waals surface area (Å²) in [6.07, 6.45) is 0.311. The lowest BCUT2D eigenvalue weighted by Crippen LogP contribution is -2.15. The molecule has 0 saturated heterocycles. The highest BCUT2D eigenvalue weighted by molar-refractivity contribution is 6.05. The molecule has 2 aromatic rings. The van der Waals surface area contributed by atoms with Gasteiger partial charge in [0.2, 0.25) is 5.91 Å². The van der Waals surface area contributed by atoms with Gasteiger partial charge in [0.05, 0.1) is 13.7 Å². The van der Waals surface area contributed by atoms with E-state index in [0.717, 1.165) is 0 Å². The molecule has 0 bridgehead atoms. The Hall–Kier alpha value is -2.86. The molecule has 3 N–H and O–H groups in total. The molecule has 0 aliphatic carbocycles. The fourth-order valence-electron chi connectivity index (χ4n) is 2.11. The fourth-order valence-corrected chi connectivity index (χ4v) is 2.11. The van der Waals surface area contributed by atoms with Gasteiger partial charge >= 0.3 is 0 Å². The van der Waals surface area contributed by atoms with Crippen LogP contribution in [0.25, 0.3) is 0 Å². The Morgan fingerprint density at radius 2 is 1.92 bits per heavy atom. The van der Waals surface area contributed by atoms with E-state index in [-0.39, 0.29) is 18.4 Å². The third-order valence-electron chi connectivity index (χ3n) is 3.47. The molecular weight excluding hydrogens is 308 g/mol. The van der Waals surface area contributed by atoms with Crippen LogP contribution in [0.3, 0.4) is 0 Å². The first-order chi connectivity index (χ1) is 11.6. The molecule has 24 heavy (non-hydrogen) atoms. The number of ether oxygens (including phenoxy) is 1. The highest BCUT2D eigenvalue weighted by Crippen LogP contribution is 2.21. The molecule has 2 amide bonds. The minimum absolute atomic E-state index is 0.185. The summed E-state index contributed by atoms with van der Waals surface area (Å²) in [6, 6.07) is 11.8. The minimum atomic E-state index is -0.320. The van der Waals surface area contributed by atoms with Crippen molar-refractivity contribution in [3.8, 4) is 5.75 Å². The van der Waals surface area contributed by atoms with E-state index in [4.69, 9.17) is 4.74 Å². The van der Waals surface area contributed by atoms with E-state index in [1.165, 1.54) is 0 Å². The first kappa shape index (κ1) is 17.5. The SMILES string of the molecule is CCC(=O)Nc1cc(C(=O)Nc2cccc(OC)c2)ccc1CO. The summed E-state index contributed by atoms with van der Waals surface area (Å²) in [5.41, 5.74) is 1.96. The molecule has 0 aliphatic heterocycles. The number of carbonyl (C=O) groups is 2. The van der Waals surface area contributed by atoms with Gasteiger partial charge in [-0.3, -0.25) is 9.59 Å². The minimum Gasteiger partial charge on any atom is -0.497 e. The van der Waals surface area contributed by atoms with E-state index in [9.17, 15) is 14.7 Å². The maximum absolute atomic E-state index is 12.4. The van der Waals surface area contributed by atoms with E-state index < -0.39 is 0 Å². The van der Waals surface area contributed by atoms with Crippen molar-refractivity contribution >= 4 is 23.2 Å². The van der Waals surface area contributed by atoms with Crippen LogP contribution < -0.4 is 15.4 Å². The maximum atomic E-state index is 12.4. The molecule has 0 aromatic heterocycles. The molecule has 0 unspecified atom stereocenters. The van der Waals surface area contributed by atoms with Gasteiger partial charge in [-0.15, -0.1) is 0 Å². The smallest absolute Gasteiger partial charge is 0.255 e. The lowest BCUT2D eigenvalue weighted by atomic mass is 10.1. The van der Waals surface area contributed by atoms with Gasteiger partial charge in [0, 0.05) is 35.0 Å². The van der Waals surface area contributed by atoms with Crippen LogP contribution in [0.1, 0.15) is 29.3 Å². The number of anilines is 2. The summed E-state index contributed by atoms with van der Waals surface area (Å²) in [4.78, 5) is 24.0. The molecule has 0 aliphatic rings. The zero-order valence-corrected chi connectivity index (χ0v) is 13.6. The third-order valence-corrected chi connectivity index (χ3v) is 3.47. The van der Waals surface area contributed by atoms with Crippen molar-refractivity contribution in [3.63, 3.8) is 0 Å². The third kappa shape index (κ3) is 4.33. The fraction of sp³-hybridized carbons (Fsp3) is 0.222. The first-order valence-electron chi connectivity index (χ1n) is 7.56. The number of carbonyl (C=O) groups excluding carboxylic acids is 2. The molecule has 6 heteroatoms. The second-order valence-electron chi connectivity index (χ2n) is 5.12. The first-order valence-corrected chi connectivity index (χ1v) is 7.56. The van der Waals surface area contributed by atoms with Crippen molar-refractivity contribution in [1.82, 2.24) is 0 Å². The van der Waals surface area contributed by atoms with Gasteiger partial charge in [0.1, 0.15) is 5.75 Å². The van der Waals surface area contributed by atoms with E-state index in [2.05, 4.69) is 10.6 Å². The summed E-state index contributed by atoms with van der Waals surface area (Å²) in [6.45, 7) is 1.50. The van der Waals surface area contributed by atoms with Gasteiger partial charge in [-0.1, -0.05) is 19.1 Å². The molecule has 0 saturated carbocycles. The average molecular weight is 328 g/mol. The van der Waals surface area contributed by atoms with Gasteiger partial charge < -0.3 is 20.5 Å². The largest absolute Gasteiger partial charge is 0.497 e. The van der Waals surface area contributed by atoms with Crippen molar-refractivity contribution in [3.05, 3.63) is 53.6 Å². The van der Waals surface area contributed by atoms with E-state index in [1.807, 2.05) is 0 Å². The van der Waals surface area contributed by atoms with Gasteiger partial charge in [0.15, 0.2) is 0 Å². The van der Waals surface area contributed by atoms with Gasteiger partial charge in [-0.2, -0.15) is 0 Å². The zero-order valence-electron chi connectivity index (χ0n) is 13.6. The summed E-state index contributed by atoms with van der Waals surface area (Å²) in [5.74, 6) is 0.133. The highest BCUT2D eigenvalue weighted by Gasteiger charge is 2.11. The second-order valence-corrected chi connectivity index (χ2v) is 5.12. The lowest BCUT2D eigenvalue weighted by Gasteiger charge is -2.12. The second kappa shape index (κ2) is 8.12. The molecule has 126 valence electrons. The number of nitrogens with one attached hydrogen (secondary N) is 2. The van der Waals surface area contributed by atoms with Crippen LogP contribution in [-0.4, -0.2) is 24.0 Å². The Balaban J connectivity index is 2.22. The Bertz CT molecular complexity index is 744. The number of methoxy groups -OCH3 is 1. The Kier molecular flexibility index (Phi) is 5.92. The molecule has 0 radical (unpaired) electrons. The van der Waals surface area contributed by atoms with Crippen LogP contribution in [0.2, 0.25) is 0 Å². The van der Waals surface area contributed by atoms with Crippen molar-refractivity contribution in [2.75, 3.05) is 17.7 Å². The van der Waals surface area contributed by atoms with Crippen molar-refractivity contribution in [1.29, 1.82) is 0 Å². The normalized spacial score (nSPS) is 10.1.